The SMILES string of the molecule is CCCC(C)(NCCC(C)(C)C)C(=O)O. The molecular weight excluding hydrogens is 190 g/mol. The van der Waals surface area contributed by atoms with Gasteiger partial charge in [0.1, 0.15) is 5.54 Å². The highest BCUT2D eigenvalue weighted by Gasteiger charge is 2.31. The second-order valence-corrected chi connectivity index (χ2v) is 5.62. The number of hydrogen-bond acceptors (Lipinski definition) is 2. The van der Waals surface area contributed by atoms with Crippen LogP contribution < -0.4 is 5.32 Å². The molecule has 3 nitrogen and oxygen atoms in total. The van der Waals surface area contributed by atoms with E-state index in [4.69, 9.17) is 5.11 Å². The molecule has 2 N–H and O–H groups in total. The summed E-state index contributed by atoms with van der Waals surface area (Å²) in [6.07, 6.45) is 2.54. The fraction of sp³-hybridized carbons (Fsp3) is 0.917. The second kappa shape index (κ2) is 5.50. The van der Waals surface area contributed by atoms with Gasteiger partial charge in [0.05, 0.1) is 0 Å². The van der Waals surface area contributed by atoms with E-state index in [1.165, 1.54) is 0 Å². The first kappa shape index (κ1) is 14.4. The third-order valence-electron chi connectivity index (χ3n) is 2.61. The molecule has 1 atom stereocenters. The zero-order valence-corrected chi connectivity index (χ0v) is 10.7. The normalized spacial score (nSPS) is 16.1. The average Bonchev–Trinajstić information content (AvgIpc) is 2.01. The minimum absolute atomic E-state index is 0.249. The Balaban J connectivity index is 4.14. The first-order valence-electron chi connectivity index (χ1n) is 5.70. The Bertz CT molecular complexity index is 208. The predicted molar refractivity (Wildman–Crippen MR) is 63.0 cm³/mol. The van der Waals surface area contributed by atoms with Gasteiger partial charge in [-0.25, -0.2) is 0 Å². The zero-order valence-electron chi connectivity index (χ0n) is 10.7. The van der Waals surface area contributed by atoms with Crippen LogP contribution in [0.5, 0.6) is 0 Å². The monoisotopic (exact) mass is 215 g/mol. The van der Waals surface area contributed by atoms with Crippen molar-refractivity contribution in [3.8, 4) is 0 Å². The van der Waals surface area contributed by atoms with Gasteiger partial charge in [-0.05, 0) is 31.7 Å². The zero-order chi connectivity index (χ0) is 12.1. The van der Waals surface area contributed by atoms with Gasteiger partial charge in [0.2, 0.25) is 0 Å². The lowest BCUT2D eigenvalue weighted by Crippen LogP contribution is -2.50. The highest BCUT2D eigenvalue weighted by atomic mass is 16.4. The van der Waals surface area contributed by atoms with Gasteiger partial charge < -0.3 is 10.4 Å². The van der Waals surface area contributed by atoms with E-state index in [0.717, 1.165) is 19.4 Å². The van der Waals surface area contributed by atoms with Gasteiger partial charge in [0.25, 0.3) is 0 Å². The predicted octanol–water partition coefficient (Wildman–Crippen LogP) is 2.66. The summed E-state index contributed by atoms with van der Waals surface area (Å²) >= 11 is 0. The van der Waals surface area contributed by atoms with Crippen molar-refractivity contribution in [3.63, 3.8) is 0 Å². The molecule has 0 fully saturated rings. The van der Waals surface area contributed by atoms with Crippen LogP contribution in [0.4, 0.5) is 0 Å². The van der Waals surface area contributed by atoms with E-state index in [9.17, 15) is 4.79 Å². The molecule has 0 saturated heterocycles. The number of nitrogens with one attached hydrogen (secondary N) is 1. The van der Waals surface area contributed by atoms with E-state index >= 15 is 0 Å². The van der Waals surface area contributed by atoms with Crippen LogP contribution in [-0.4, -0.2) is 23.2 Å². The first-order chi connectivity index (χ1) is 6.71. The number of aliphatic carboxylic acids is 1. The molecule has 0 aliphatic rings. The van der Waals surface area contributed by atoms with Gasteiger partial charge in [-0.3, -0.25) is 4.79 Å². The van der Waals surface area contributed by atoms with Gasteiger partial charge in [-0.2, -0.15) is 0 Å². The molecule has 90 valence electrons. The molecular formula is C12H25NO2. The highest BCUT2D eigenvalue weighted by Crippen LogP contribution is 2.19. The summed E-state index contributed by atoms with van der Waals surface area (Å²) in [5, 5.41) is 12.3. The summed E-state index contributed by atoms with van der Waals surface area (Å²) in [5.74, 6) is -0.752. The molecule has 15 heavy (non-hydrogen) atoms. The van der Waals surface area contributed by atoms with Crippen LogP contribution in [-0.2, 0) is 4.79 Å². The number of carbonyl (C=O) groups is 1. The van der Waals surface area contributed by atoms with Crippen molar-refractivity contribution in [1.29, 1.82) is 0 Å². The van der Waals surface area contributed by atoms with Crippen LogP contribution in [0.15, 0.2) is 0 Å². The average molecular weight is 215 g/mol. The van der Waals surface area contributed by atoms with Crippen molar-refractivity contribution >= 4 is 5.97 Å². The highest BCUT2D eigenvalue weighted by molar-refractivity contribution is 5.78. The molecule has 0 saturated carbocycles. The van der Waals surface area contributed by atoms with Crippen LogP contribution in [0.3, 0.4) is 0 Å². The fourth-order valence-electron chi connectivity index (χ4n) is 1.48. The van der Waals surface area contributed by atoms with Gasteiger partial charge >= 0.3 is 5.97 Å². The van der Waals surface area contributed by atoms with Crippen LogP contribution in [0.2, 0.25) is 0 Å². The van der Waals surface area contributed by atoms with Crippen LogP contribution >= 0.6 is 0 Å². The summed E-state index contributed by atoms with van der Waals surface area (Å²) in [5.41, 5.74) is -0.515. The Morgan fingerprint density at radius 1 is 1.20 bits per heavy atom. The van der Waals surface area contributed by atoms with Gasteiger partial charge in [-0.1, -0.05) is 34.1 Å². The summed E-state index contributed by atoms with van der Waals surface area (Å²) in [4.78, 5) is 11.1. The molecule has 0 aromatic rings. The smallest absolute Gasteiger partial charge is 0.323 e. The molecule has 0 aromatic carbocycles. The van der Waals surface area contributed by atoms with Gasteiger partial charge in [0, 0.05) is 0 Å². The van der Waals surface area contributed by atoms with E-state index in [1.807, 2.05) is 6.92 Å². The van der Waals surface area contributed by atoms with E-state index < -0.39 is 11.5 Å². The molecule has 0 aromatic heterocycles. The number of carboxylic acids is 1. The van der Waals surface area contributed by atoms with Crippen molar-refractivity contribution < 1.29 is 9.90 Å². The number of rotatable bonds is 6. The molecule has 0 bridgehead atoms. The van der Waals surface area contributed by atoms with Crippen LogP contribution in [0, 0.1) is 5.41 Å². The van der Waals surface area contributed by atoms with Crippen molar-refractivity contribution in [2.24, 2.45) is 5.41 Å². The van der Waals surface area contributed by atoms with Crippen molar-refractivity contribution in [3.05, 3.63) is 0 Å². The summed E-state index contributed by atoms with van der Waals surface area (Å²) < 4.78 is 0. The van der Waals surface area contributed by atoms with E-state index in [1.54, 1.807) is 6.92 Å². The Labute approximate surface area is 93.3 Å². The summed E-state index contributed by atoms with van der Waals surface area (Å²) in [7, 11) is 0. The largest absolute Gasteiger partial charge is 0.480 e. The molecule has 0 spiro atoms. The Hall–Kier alpha value is -0.570. The molecule has 3 heteroatoms. The summed E-state index contributed by atoms with van der Waals surface area (Å²) in [6.45, 7) is 11.0. The third-order valence-corrected chi connectivity index (χ3v) is 2.61. The first-order valence-corrected chi connectivity index (χ1v) is 5.70. The molecule has 0 radical (unpaired) electrons. The Morgan fingerprint density at radius 2 is 1.73 bits per heavy atom. The van der Waals surface area contributed by atoms with E-state index in [0.29, 0.717) is 6.42 Å². The maximum Gasteiger partial charge on any atom is 0.323 e. The molecule has 0 heterocycles. The van der Waals surface area contributed by atoms with E-state index in [-0.39, 0.29) is 5.41 Å². The topological polar surface area (TPSA) is 49.3 Å². The lowest BCUT2D eigenvalue weighted by Gasteiger charge is -2.28. The van der Waals surface area contributed by atoms with Gasteiger partial charge in [0.15, 0.2) is 0 Å². The maximum atomic E-state index is 11.1. The van der Waals surface area contributed by atoms with Crippen molar-refractivity contribution in [2.45, 2.75) is 59.4 Å². The molecule has 0 aliphatic carbocycles. The molecule has 0 aliphatic heterocycles. The van der Waals surface area contributed by atoms with Crippen LogP contribution in [0.25, 0.3) is 0 Å². The van der Waals surface area contributed by atoms with Crippen LogP contribution in [0.1, 0.15) is 53.9 Å². The number of carboxylic acid groups (broad SMARTS) is 1. The van der Waals surface area contributed by atoms with Gasteiger partial charge in [-0.15, -0.1) is 0 Å². The summed E-state index contributed by atoms with van der Waals surface area (Å²) in [6, 6.07) is 0. The molecule has 0 rings (SSSR count). The van der Waals surface area contributed by atoms with Crippen molar-refractivity contribution in [2.75, 3.05) is 6.54 Å². The lowest BCUT2D eigenvalue weighted by atomic mass is 9.90. The Kier molecular flexibility index (Phi) is 5.29. The second-order valence-electron chi connectivity index (χ2n) is 5.62. The number of hydrogen-bond donors (Lipinski definition) is 2. The van der Waals surface area contributed by atoms with E-state index in [2.05, 4.69) is 26.1 Å². The fourth-order valence-corrected chi connectivity index (χ4v) is 1.48. The minimum atomic E-state index is -0.764. The molecule has 0 amide bonds. The van der Waals surface area contributed by atoms with Crippen molar-refractivity contribution in [1.82, 2.24) is 5.32 Å². The maximum absolute atomic E-state index is 11.1. The lowest BCUT2D eigenvalue weighted by molar-refractivity contribution is -0.144. The molecule has 1 unspecified atom stereocenters. The minimum Gasteiger partial charge on any atom is -0.480 e. The standard InChI is InChI=1S/C12H25NO2/c1-6-7-12(5,10(14)15)13-9-8-11(2,3)4/h13H,6-9H2,1-5H3,(H,14,15). The quantitative estimate of drug-likeness (QED) is 0.716. The third kappa shape index (κ3) is 5.78. The Morgan fingerprint density at radius 3 is 2.07 bits per heavy atom.